The Balaban J connectivity index is 1.19. The molecule has 0 radical (unpaired) electrons. The van der Waals surface area contributed by atoms with Gasteiger partial charge in [0.05, 0.1) is 12.3 Å². The van der Waals surface area contributed by atoms with Crippen LogP contribution >= 0.6 is 0 Å². The van der Waals surface area contributed by atoms with Crippen molar-refractivity contribution in [3.05, 3.63) is 59.7 Å². The zero-order valence-electron chi connectivity index (χ0n) is 19.8. The average Bonchev–Trinajstić information content (AvgIpc) is 3.47. The van der Waals surface area contributed by atoms with Crippen molar-refractivity contribution < 1.29 is 24.2 Å². The molecule has 2 aromatic rings. The van der Waals surface area contributed by atoms with E-state index in [1.807, 2.05) is 24.3 Å². The topological polar surface area (TPSA) is 95.9 Å². The number of benzene rings is 2. The first-order chi connectivity index (χ1) is 17.0. The highest BCUT2D eigenvalue weighted by atomic mass is 16.5. The van der Waals surface area contributed by atoms with Crippen LogP contribution in [0.25, 0.3) is 11.1 Å². The van der Waals surface area contributed by atoms with Crippen LogP contribution in [-0.2, 0) is 14.3 Å². The molecule has 5 rings (SSSR count). The number of carboxylic acids is 1. The number of hydrogen-bond donors (Lipinski definition) is 2. The fourth-order valence-corrected chi connectivity index (χ4v) is 5.66. The number of likely N-dealkylation sites (tertiary alicyclic amines) is 1. The Morgan fingerprint density at radius 1 is 1.00 bits per heavy atom. The van der Waals surface area contributed by atoms with Crippen molar-refractivity contribution in [2.75, 3.05) is 19.7 Å². The van der Waals surface area contributed by atoms with E-state index in [4.69, 9.17) is 4.74 Å². The largest absolute Gasteiger partial charge is 0.481 e. The maximum Gasteiger partial charge on any atom is 0.407 e. The Morgan fingerprint density at radius 2 is 1.66 bits per heavy atom. The first kappa shape index (κ1) is 23.4. The second kappa shape index (κ2) is 10.1. The quantitative estimate of drug-likeness (QED) is 0.559. The van der Waals surface area contributed by atoms with E-state index >= 15 is 0 Å². The van der Waals surface area contributed by atoms with Crippen LogP contribution in [0.1, 0.15) is 55.6 Å². The van der Waals surface area contributed by atoms with E-state index in [9.17, 15) is 19.5 Å². The van der Waals surface area contributed by atoms with Crippen LogP contribution in [0, 0.1) is 11.8 Å². The standard InChI is InChI=1S/C28H32N2O5/c31-26(32)15-20-6-5-13-30(20)27(33)19(14-18-11-12-18)16-29-28(34)35-17-25-23-9-3-1-7-21(23)22-8-2-4-10-24(22)25/h1-4,7-10,18-20,25H,5-6,11-17H2,(H,29,34)(H,31,32)/t19?,20-/m1/s1. The van der Waals surface area contributed by atoms with Gasteiger partial charge in [-0.1, -0.05) is 61.4 Å². The van der Waals surface area contributed by atoms with Gasteiger partial charge in [0, 0.05) is 25.0 Å². The van der Waals surface area contributed by atoms with Gasteiger partial charge in [-0.15, -0.1) is 0 Å². The lowest BCUT2D eigenvalue weighted by atomic mass is 9.98. The van der Waals surface area contributed by atoms with Gasteiger partial charge in [0.2, 0.25) is 5.91 Å². The molecule has 0 bridgehead atoms. The molecular formula is C28H32N2O5. The van der Waals surface area contributed by atoms with E-state index in [1.165, 1.54) is 11.1 Å². The van der Waals surface area contributed by atoms with Crippen LogP contribution in [-0.4, -0.2) is 53.7 Å². The molecule has 3 aliphatic rings. The number of alkyl carbamates (subject to hydrolysis) is 1. The summed E-state index contributed by atoms with van der Waals surface area (Å²) in [5.41, 5.74) is 4.66. The number of carboxylic acid groups (broad SMARTS) is 1. The van der Waals surface area contributed by atoms with Gasteiger partial charge < -0.3 is 20.1 Å². The molecule has 2 aliphatic carbocycles. The van der Waals surface area contributed by atoms with Gasteiger partial charge in [-0.3, -0.25) is 9.59 Å². The van der Waals surface area contributed by atoms with E-state index < -0.39 is 12.1 Å². The average molecular weight is 477 g/mol. The molecule has 1 saturated carbocycles. The van der Waals surface area contributed by atoms with Crippen LogP contribution in [0.4, 0.5) is 4.79 Å². The van der Waals surface area contributed by atoms with Crippen LogP contribution in [0.5, 0.6) is 0 Å². The third-order valence-electron chi connectivity index (χ3n) is 7.57. The molecule has 7 heteroatoms. The smallest absolute Gasteiger partial charge is 0.407 e. The highest BCUT2D eigenvalue weighted by molar-refractivity contribution is 5.81. The predicted octanol–water partition coefficient (Wildman–Crippen LogP) is 4.41. The van der Waals surface area contributed by atoms with Crippen LogP contribution in [0.15, 0.2) is 48.5 Å². The van der Waals surface area contributed by atoms with Crippen molar-refractivity contribution >= 4 is 18.0 Å². The number of carbonyl (C=O) groups excluding carboxylic acids is 2. The Labute approximate surface area is 205 Å². The lowest BCUT2D eigenvalue weighted by molar-refractivity contribution is -0.141. The number of hydrogen-bond acceptors (Lipinski definition) is 4. The number of ether oxygens (including phenoxy) is 1. The van der Waals surface area contributed by atoms with Gasteiger partial charge >= 0.3 is 12.1 Å². The van der Waals surface area contributed by atoms with E-state index in [2.05, 4.69) is 29.6 Å². The summed E-state index contributed by atoms with van der Waals surface area (Å²) in [6.07, 6.45) is 3.92. The number of nitrogens with one attached hydrogen (secondary N) is 1. The van der Waals surface area contributed by atoms with Crippen LogP contribution < -0.4 is 5.32 Å². The molecule has 2 atom stereocenters. The Hall–Kier alpha value is -3.35. The number of aliphatic carboxylic acids is 1. The lowest BCUT2D eigenvalue weighted by Gasteiger charge is -2.28. The molecule has 1 aliphatic heterocycles. The van der Waals surface area contributed by atoms with E-state index in [-0.39, 0.29) is 43.4 Å². The zero-order chi connectivity index (χ0) is 24.4. The third kappa shape index (κ3) is 5.19. The molecule has 1 unspecified atom stereocenters. The van der Waals surface area contributed by atoms with Crippen LogP contribution in [0.2, 0.25) is 0 Å². The van der Waals surface area contributed by atoms with E-state index in [1.54, 1.807) is 4.90 Å². The van der Waals surface area contributed by atoms with Gasteiger partial charge in [0.15, 0.2) is 0 Å². The van der Waals surface area contributed by atoms with Gasteiger partial charge in [0.25, 0.3) is 0 Å². The molecule has 1 saturated heterocycles. The molecule has 0 spiro atoms. The molecule has 1 heterocycles. The minimum atomic E-state index is -0.884. The normalized spacial score (nSPS) is 19.7. The number of carbonyl (C=O) groups is 3. The molecule has 184 valence electrons. The fraction of sp³-hybridized carbons (Fsp3) is 0.464. The SMILES string of the molecule is O=C(O)C[C@H]1CCCN1C(=O)C(CNC(=O)OCC1c2ccccc2-c2ccccc21)CC1CC1. The van der Waals surface area contributed by atoms with Crippen molar-refractivity contribution in [2.24, 2.45) is 11.8 Å². The summed E-state index contributed by atoms with van der Waals surface area (Å²) < 4.78 is 5.64. The van der Waals surface area contributed by atoms with Gasteiger partial charge in [-0.25, -0.2) is 4.79 Å². The fourth-order valence-electron chi connectivity index (χ4n) is 5.66. The summed E-state index contributed by atoms with van der Waals surface area (Å²) in [4.78, 5) is 38.9. The number of fused-ring (bicyclic) bond motifs is 3. The lowest BCUT2D eigenvalue weighted by Crippen LogP contribution is -2.44. The highest BCUT2D eigenvalue weighted by Gasteiger charge is 2.37. The molecule has 2 amide bonds. The molecule has 7 nitrogen and oxygen atoms in total. The second-order valence-corrected chi connectivity index (χ2v) is 10.0. The number of nitrogens with zero attached hydrogens (tertiary/aromatic N) is 1. The first-order valence-corrected chi connectivity index (χ1v) is 12.6. The van der Waals surface area contributed by atoms with Crippen LogP contribution in [0.3, 0.4) is 0 Å². The Bertz CT molecular complexity index is 1070. The predicted molar refractivity (Wildman–Crippen MR) is 131 cm³/mol. The number of amides is 2. The van der Waals surface area contributed by atoms with Crippen molar-refractivity contribution in [3.63, 3.8) is 0 Å². The first-order valence-electron chi connectivity index (χ1n) is 12.6. The molecule has 35 heavy (non-hydrogen) atoms. The molecule has 0 aromatic heterocycles. The summed E-state index contributed by atoms with van der Waals surface area (Å²) in [5, 5.41) is 12.0. The monoisotopic (exact) mass is 476 g/mol. The molecule has 2 aromatic carbocycles. The summed E-state index contributed by atoms with van der Waals surface area (Å²) in [5.74, 6) is -0.783. The summed E-state index contributed by atoms with van der Waals surface area (Å²) in [7, 11) is 0. The molecule has 2 fully saturated rings. The van der Waals surface area contributed by atoms with Crippen molar-refractivity contribution in [2.45, 2.75) is 50.5 Å². The maximum absolute atomic E-state index is 13.3. The van der Waals surface area contributed by atoms with Gasteiger partial charge in [-0.05, 0) is 47.4 Å². The van der Waals surface area contributed by atoms with Crippen molar-refractivity contribution in [1.29, 1.82) is 0 Å². The van der Waals surface area contributed by atoms with E-state index in [0.29, 0.717) is 18.9 Å². The highest BCUT2D eigenvalue weighted by Crippen LogP contribution is 2.44. The summed E-state index contributed by atoms with van der Waals surface area (Å²) in [6.45, 7) is 1.03. The van der Waals surface area contributed by atoms with Gasteiger partial charge in [-0.2, -0.15) is 0 Å². The number of rotatable bonds is 9. The zero-order valence-corrected chi connectivity index (χ0v) is 19.8. The Kier molecular flexibility index (Phi) is 6.75. The minimum Gasteiger partial charge on any atom is -0.481 e. The van der Waals surface area contributed by atoms with E-state index in [0.717, 1.165) is 36.8 Å². The minimum absolute atomic E-state index is 0.0154. The summed E-state index contributed by atoms with van der Waals surface area (Å²) in [6, 6.07) is 16.1. The third-order valence-corrected chi connectivity index (χ3v) is 7.57. The Morgan fingerprint density at radius 3 is 2.29 bits per heavy atom. The van der Waals surface area contributed by atoms with Crippen molar-refractivity contribution in [3.8, 4) is 11.1 Å². The maximum atomic E-state index is 13.3. The van der Waals surface area contributed by atoms with Gasteiger partial charge in [0.1, 0.15) is 6.61 Å². The van der Waals surface area contributed by atoms with Crippen molar-refractivity contribution in [1.82, 2.24) is 10.2 Å². The summed E-state index contributed by atoms with van der Waals surface area (Å²) >= 11 is 0. The second-order valence-electron chi connectivity index (χ2n) is 10.0. The molecular weight excluding hydrogens is 444 g/mol. The molecule has 2 N–H and O–H groups in total.